The normalized spacial score (nSPS) is 15.2. The third-order valence-corrected chi connectivity index (χ3v) is 6.38. The van der Waals surface area contributed by atoms with Crippen molar-refractivity contribution in [3.05, 3.63) is 76.5 Å². The summed E-state index contributed by atoms with van der Waals surface area (Å²) >= 11 is 1.59. The van der Waals surface area contributed by atoms with E-state index in [1.54, 1.807) is 11.3 Å². The molecule has 0 bridgehead atoms. The number of carbonyl (C=O) groups excluding carboxylic acids is 1. The van der Waals surface area contributed by atoms with Gasteiger partial charge in [0.1, 0.15) is 10.8 Å². The minimum Gasteiger partial charge on any atom is -0.341 e. The van der Waals surface area contributed by atoms with Gasteiger partial charge in [0.05, 0.1) is 12.1 Å². The number of halogens is 1. The van der Waals surface area contributed by atoms with E-state index in [4.69, 9.17) is 0 Å². The van der Waals surface area contributed by atoms with Crippen molar-refractivity contribution in [1.82, 2.24) is 14.8 Å². The maximum Gasteiger partial charge on any atom is 0.228 e. The molecule has 0 spiro atoms. The molecule has 6 heteroatoms. The average Bonchev–Trinajstić information content (AvgIpc) is 3.07. The summed E-state index contributed by atoms with van der Waals surface area (Å²) in [6.45, 7) is 6.11. The van der Waals surface area contributed by atoms with E-state index in [2.05, 4.69) is 41.1 Å². The Hall–Kier alpha value is -2.57. The van der Waals surface area contributed by atoms with Crippen molar-refractivity contribution in [3.8, 4) is 10.6 Å². The zero-order valence-electron chi connectivity index (χ0n) is 17.2. The van der Waals surface area contributed by atoms with Crippen LogP contribution in [0.3, 0.4) is 0 Å². The number of thiazole rings is 1. The fraction of sp³-hybridized carbons (Fsp3) is 0.333. The number of aryl methyl sites for hydroxylation is 1. The smallest absolute Gasteiger partial charge is 0.228 e. The third-order valence-electron chi connectivity index (χ3n) is 5.44. The van der Waals surface area contributed by atoms with Gasteiger partial charge < -0.3 is 4.90 Å². The number of rotatable bonds is 5. The van der Waals surface area contributed by atoms with Crippen molar-refractivity contribution >= 4 is 17.2 Å². The van der Waals surface area contributed by atoms with E-state index in [0.29, 0.717) is 6.42 Å². The molecule has 1 amide bonds. The molecule has 1 aromatic heterocycles. The SMILES string of the molecule is Cc1ccc(-c2nc(CC(=O)N3CCCN(Cc4ccc(F)cc4)CC3)cs2)cc1. The van der Waals surface area contributed by atoms with Gasteiger partial charge in [0.25, 0.3) is 0 Å². The molecular formula is C24H26FN3OS. The maximum atomic E-state index is 13.1. The highest BCUT2D eigenvalue weighted by Gasteiger charge is 2.20. The van der Waals surface area contributed by atoms with Crippen molar-refractivity contribution in [2.75, 3.05) is 26.2 Å². The van der Waals surface area contributed by atoms with Crippen LogP contribution in [0.1, 0.15) is 23.2 Å². The van der Waals surface area contributed by atoms with Gasteiger partial charge in [-0.3, -0.25) is 9.69 Å². The number of hydrogen-bond donors (Lipinski definition) is 0. The molecule has 0 atom stereocenters. The van der Waals surface area contributed by atoms with Gasteiger partial charge in [-0.1, -0.05) is 42.0 Å². The second kappa shape index (κ2) is 9.49. The van der Waals surface area contributed by atoms with Crippen LogP contribution in [-0.2, 0) is 17.8 Å². The van der Waals surface area contributed by atoms with Gasteiger partial charge in [0.15, 0.2) is 0 Å². The Morgan fingerprint density at radius 1 is 1.03 bits per heavy atom. The molecule has 0 saturated carbocycles. The standard InChI is InChI=1S/C24H26FN3OS/c1-18-3-7-20(8-4-18)24-26-22(17-30-24)15-23(29)28-12-2-11-27(13-14-28)16-19-5-9-21(25)10-6-19/h3-10,17H,2,11-16H2,1H3. The van der Waals surface area contributed by atoms with Crippen LogP contribution in [0, 0.1) is 12.7 Å². The summed E-state index contributed by atoms with van der Waals surface area (Å²) in [4.78, 5) is 21.8. The molecule has 2 heterocycles. The molecule has 1 aliphatic rings. The molecule has 156 valence electrons. The lowest BCUT2D eigenvalue weighted by atomic mass is 10.2. The van der Waals surface area contributed by atoms with Crippen molar-refractivity contribution in [2.24, 2.45) is 0 Å². The lowest BCUT2D eigenvalue weighted by Crippen LogP contribution is -2.36. The van der Waals surface area contributed by atoms with Crippen LogP contribution >= 0.6 is 11.3 Å². The van der Waals surface area contributed by atoms with Crippen LogP contribution in [0.15, 0.2) is 53.9 Å². The molecule has 0 N–H and O–H groups in total. The lowest BCUT2D eigenvalue weighted by Gasteiger charge is -2.22. The van der Waals surface area contributed by atoms with E-state index in [1.165, 1.54) is 17.7 Å². The molecule has 1 saturated heterocycles. The molecule has 1 aliphatic heterocycles. The molecule has 3 aromatic rings. The van der Waals surface area contributed by atoms with Crippen LogP contribution in [0.25, 0.3) is 10.6 Å². The minimum absolute atomic E-state index is 0.138. The van der Waals surface area contributed by atoms with Crippen LogP contribution in [0.4, 0.5) is 4.39 Å². The fourth-order valence-electron chi connectivity index (χ4n) is 3.71. The van der Waals surface area contributed by atoms with Crippen LogP contribution in [-0.4, -0.2) is 46.9 Å². The summed E-state index contributed by atoms with van der Waals surface area (Å²) in [5.74, 6) is -0.0710. The number of hydrogen-bond acceptors (Lipinski definition) is 4. The van der Waals surface area contributed by atoms with Crippen molar-refractivity contribution in [3.63, 3.8) is 0 Å². The molecule has 1 fully saturated rings. The van der Waals surface area contributed by atoms with Crippen LogP contribution in [0.5, 0.6) is 0 Å². The molecule has 0 unspecified atom stereocenters. The Labute approximate surface area is 181 Å². The zero-order chi connectivity index (χ0) is 20.9. The van der Waals surface area contributed by atoms with Crippen molar-refractivity contribution in [2.45, 2.75) is 26.3 Å². The largest absolute Gasteiger partial charge is 0.341 e. The fourth-order valence-corrected chi connectivity index (χ4v) is 4.54. The minimum atomic E-state index is -0.209. The first-order chi connectivity index (χ1) is 14.6. The van der Waals surface area contributed by atoms with Crippen molar-refractivity contribution in [1.29, 1.82) is 0 Å². The number of nitrogens with zero attached hydrogens (tertiary/aromatic N) is 3. The zero-order valence-corrected chi connectivity index (χ0v) is 18.0. The van der Waals surface area contributed by atoms with Gasteiger partial charge in [-0.05, 0) is 31.0 Å². The summed E-state index contributed by atoms with van der Waals surface area (Å²) in [6, 6.07) is 15.0. The first-order valence-electron chi connectivity index (χ1n) is 10.3. The Kier molecular flexibility index (Phi) is 6.55. The highest BCUT2D eigenvalue weighted by atomic mass is 32.1. The highest BCUT2D eigenvalue weighted by Crippen LogP contribution is 2.24. The van der Waals surface area contributed by atoms with Gasteiger partial charge >= 0.3 is 0 Å². The predicted octanol–water partition coefficient (Wildman–Crippen LogP) is 4.53. The van der Waals surface area contributed by atoms with Gasteiger partial charge in [0, 0.05) is 43.7 Å². The average molecular weight is 424 g/mol. The van der Waals surface area contributed by atoms with Crippen LogP contribution in [0.2, 0.25) is 0 Å². The molecule has 30 heavy (non-hydrogen) atoms. The first-order valence-corrected chi connectivity index (χ1v) is 11.2. The molecule has 4 nitrogen and oxygen atoms in total. The summed E-state index contributed by atoms with van der Waals surface area (Å²) in [6.07, 6.45) is 1.29. The predicted molar refractivity (Wildman–Crippen MR) is 119 cm³/mol. The summed E-state index contributed by atoms with van der Waals surface area (Å²) in [5, 5.41) is 2.95. The van der Waals surface area contributed by atoms with E-state index in [9.17, 15) is 9.18 Å². The Morgan fingerprint density at radius 3 is 2.57 bits per heavy atom. The first kappa shape index (κ1) is 20.7. The second-order valence-corrected chi connectivity index (χ2v) is 8.68. The Morgan fingerprint density at radius 2 is 1.80 bits per heavy atom. The van der Waals surface area contributed by atoms with E-state index >= 15 is 0 Å². The molecule has 4 rings (SSSR count). The second-order valence-electron chi connectivity index (χ2n) is 7.82. The van der Waals surface area contributed by atoms with E-state index < -0.39 is 0 Å². The van der Waals surface area contributed by atoms with E-state index in [-0.39, 0.29) is 11.7 Å². The molecule has 2 aromatic carbocycles. The van der Waals surface area contributed by atoms with Crippen molar-refractivity contribution < 1.29 is 9.18 Å². The highest BCUT2D eigenvalue weighted by molar-refractivity contribution is 7.13. The summed E-state index contributed by atoms with van der Waals surface area (Å²) < 4.78 is 13.1. The number of amides is 1. The van der Waals surface area contributed by atoms with Gasteiger partial charge in [-0.25, -0.2) is 9.37 Å². The molecule has 0 aliphatic carbocycles. The number of carbonyl (C=O) groups is 1. The van der Waals surface area contributed by atoms with Crippen LogP contribution < -0.4 is 0 Å². The van der Waals surface area contributed by atoms with E-state index in [0.717, 1.165) is 61.0 Å². The maximum absolute atomic E-state index is 13.1. The topological polar surface area (TPSA) is 36.4 Å². The quantitative estimate of drug-likeness (QED) is 0.605. The summed E-state index contributed by atoms with van der Waals surface area (Å²) in [7, 11) is 0. The third kappa shape index (κ3) is 5.32. The number of aromatic nitrogens is 1. The monoisotopic (exact) mass is 423 g/mol. The van der Waals surface area contributed by atoms with E-state index in [1.807, 2.05) is 22.4 Å². The Balaban J connectivity index is 1.32. The summed E-state index contributed by atoms with van der Waals surface area (Å²) in [5.41, 5.74) is 4.26. The van der Waals surface area contributed by atoms with Gasteiger partial charge in [0.2, 0.25) is 5.91 Å². The molecule has 0 radical (unpaired) electrons. The Bertz CT molecular complexity index is 984. The van der Waals surface area contributed by atoms with Gasteiger partial charge in [-0.15, -0.1) is 11.3 Å². The lowest BCUT2D eigenvalue weighted by molar-refractivity contribution is -0.130. The van der Waals surface area contributed by atoms with Gasteiger partial charge in [-0.2, -0.15) is 0 Å². The number of benzene rings is 2. The molecular weight excluding hydrogens is 397 g/mol.